The van der Waals surface area contributed by atoms with Gasteiger partial charge in [0.2, 0.25) is 0 Å². The summed E-state index contributed by atoms with van der Waals surface area (Å²) in [5.41, 5.74) is 3.48. The molecule has 0 aromatic carbocycles. The van der Waals surface area contributed by atoms with Gasteiger partial charge < -0.3 is 15.4 Å². The molecule has 0 aliphatic carbocycles. The Bertz CT molecular complexity index is 369. The maximum atomic E-state index is 8.96. The van der Waals surface area contributed by atoms with Crippen molar-refractivity contribution in [2.24, 2.45) is 5.84 Å². The van der Waals surface area contributed by atoms with Crippen LogP contribution in [0.3, 0.4) is 0 Å². The minimum absolute atomic E-state index is 0.0917. The molecule has 17 heavy (non-hydrogen) atoms. The smallest absolute Gasteiger partial charge is 0.148 e. The molecule has 1 aromatic heterocycles. The van der Waals surface area contributed by atoms with Gasteiger partial charge in [-0.15, -0.1) is 0 Å². The first-order chi connectivity index (χ1) is 8.13. The molecule has 0 amide bonds. The lowest BCUT2D eigenvalue weighted by atomic mass is 10.2. The van der Waals surface area contributed by atoms with E-state index in [9.17, 15) is 0 Å². The second kappa shape index (κ2) is 6.36. The van der Waals surface area contributed by atoms with E-state index in [4.69, 9.17) is 10.9 Å². The van der Waals surface area contributed by atoms with Crippen LogP contribution in [0.5, 0.6) is 0 Å². The lowest BCUT2D eigenvalue weighted by Crippen LogP contribution is -2.25. The molecule has 1 rings (SSSR count). The van der Waals surface area contributed by atoms with Gasteiger partial charge in [-0.1, -0.05) is 6.92 Å². The minimum atomic E-state index is 0.0917. The van der Waals surface area contributed by atoms with E-state index in [1.807, 2.05) is 18.9 Å². The zero-order valence-corrected chi connectivity index (χ0v) is 10.7. The highest BCUT2D eigenvalue weighted by Gasteiger charge is 2.13. The normalized spacial score (nSPS) is 10.4. The zero-order valence-electron chi connectivity index (χ0n) is 10.7. The molecule has 0 fully saturated rings. The number of aryl methyl sites for hydroxylation is 1. The van der Waals surface area contributed by atoms with Crippen molar-refractivity contribution in [2.75, 3.05) is 30.5 Å². The van der Waals surface area contributed by atoms with Crippen LogP contribution in [-0.4, -0.2) is 35.3 Å². The van der Waals surface area contributed by atoms with Crippen LogP contribution in [0.25, 0.3) is 0 Å². The lowest BCUT2D eigenvalue weighted by molar-refractivity contribution is 0.303. The molecule has 0 aliphatic heterocycles. The number of nitrogen functional groups attached to an aromatic ring is 1. The number of hydrogen-bond acceptors (Lipinski definition) is 6. The average molecular weight is 239 g/mol. The summed E-state index contributed by atoms with van der Waals surface area (Å²) < 4.78 is 0. The summed E-state index contributed by atoms with van der Waals surface area (Å²) in [4.78, 5) is 10.7. The van der Waals surface area contributed by atoms with Crippen LogP contribution in [0.4, 0.5) is 11.6 Å². The maximum Gasteiger partial charge on any atom is 0.148 e. The van der Waals surface area contributed by atoms with Crippen LogP contribution in [-0.2, 0) is 6.42 Å². The van der Waals surface area contributed by atoms with E-state index in [-0.39, 0.29) is 6.61 Å². The topological polar surface area (TPSA) is 87.3 Å². The molecule has 0 spiro atoms. The summed E-state index contributed by atoms with van der Waals surface area (Å²) in [6, 6.07) is 0. The Morgan fingerprint density at radius 2 is 2.12 bits per heavy atom. The molecule has 1 heterocycles. The van der Waals surface area contributed by atoms with Crippen LogP contribution in [0.2, 0.25) is 0 Å². The maximum absolute atomic E-state index is 8.96. The number of nitrogens with one attached hydrogen (secondary N) is 1. The number of aliphatic hydroxyl groups excluding tert-OH is 1. The third kappa shape index (κ3) is 3.28. The second-order valence-corrected chi connectivity index (χ2v) is 3.98. The van der Waals surface area contributed by atoms with E-state index in [2.05, 4.69) is 22.3 Å². The van der Waals surface area contributed by atoms with Crippen molar-refractivity contribution < 1.29 is 5.11 Å². The van der Waals surface area contributed by atoms with Gasteiger partial charge in [0.05, 0.1) is 6.61 Å². The Morgan fingerprint density at radius 3 is 2.65 bits per heavy atom. The number of aliphatic hydroxyl groups is 1. The van der Waals surface area contributed by atoms with E-state index >= 15 is 0 Å². The predicted molar refractivity (Wildman–Crippen MR) is 68.9 cm³/mol. The fourth-order valence-corrected chi connectivity index (χ4v) is 1.65. The Labute approximate surface area is 102 Å². The SMILES string of the molecule is CCCc1nc(NN)c(C)c(N(C)CCO)n1. The van der Waals surface area contributed by atoms with Crippen molar-refractivity contribution in [3.05, 3.63) is 11.4 Å². The van der Waals surface area contributed by atoms with Crippen LogP contribution >= 0.6 is 0 Å². The molecular weight excluding hydrogens is 218 g/mol. The number of rotatable bonds is 6. The minimum Gasteiger partial charge on any atom is -0.395 e. The molecular formula is C11H21N5O. The van der Waals surface area contributed by atoms with Gasteiger partial charge in [0.25, 0.3) is 0 Å². The van der Waals surface area contributed by atoms with Gasteiger partial charge >= 0.3 is 0 Å². The highest BCUT2D eigenvalue weighted by Crippen LogP contribution is 2.22. The molecule has 0 atom stereocenters. The summed E-state index contributed by atoms with van der Waals surface area (Å²) in [6.45, 7) is 4.62. The van der Waals surface area contributed by atoms with Crippen molar-refractivity contribution >= 4 is 11.6 Å². The van der Waals surface area contributed by atoms with E-state index in [1.54, 1.807) is 0 Å². The van der Waals surface area contributed by atoms with Gasteiger partial charge in [-0.2, -0.15) is 0 Å². The van der Waals surface area contributed by atoms with Gasteiger partial charge in [0.15, 0.2) is 0 Å². The number of hydrazine groups is 1. The molecule has 6 heteroatoms. The van der Waals surface area contributed by atoms with Gasteiger partial charge in [0.1, 0.15) is 17.5 Å². The Kier molecular flexibility index (Phi) is 5.11. The molecule has 6 nitrogen and oxygen atoms in total. The first-order valence-corrected chi connectivity index (χ1v) is 5.80. The van der Waals surface area contributed by atoms with Crippen LogP contribution in [0.15, 0.2) is 0 Å². The first-order valence-electron chi connectivity index (χ1n) is 5.80. The van der Waals surface area contributed by atoms with E-state index in [0.29, 0.717) is 12.4 Å². The van der Waals surface area contributed by atoms with Crippen molar-refractivity contribution in [1.29, 1.82) is 0 Å². The second-order valence-electron chi connectivity index (χ2n) is 3.98. The van der Waals surface area contributed by atoms with Crippen LogP contribution in [0, 0.1) is 6.92 Å². The molecule has 0 aliphatic rings. The highest BCUT2D eigenvalue weighted by molar-refractivity contribution is 5.57. The van der Waals surface area contributed by atoms with E-state index in [0.717, 1.165) is 30.0 Å². The van der Waals surface area contributed by atoms with Gasteiger partial charge in [-0.25, -0.2) is 15.8 Å². The largest absolute Gasteiger partial charge is 0.395 e. The Balaban J connectivity index is 3.12. The summed E-state index contributed by atoms with van der Waals surface area (Å²) in [7, 11) is 1.89. The highest BCUT2D eigenvalue weighted by atomic mass is 16.3. The fourth-order valence-electron chi connectivity index (χ4n) is 1.65. The van der Waals surface area contributed by atoms with Gasteiger partial charge in [-0.3, -0.25) is 0 Å². The molecule has 0 radical (unpaired) electrons. The van der Waals surface area contributed by atoms with Crippen molar-refractivity contribution in [2.45, 2.75) is 26.7 Å². The van der Waals surface area contributed by atoms with Crippen LogP contribution < -0.4 is 16.2 Å². The number of nitrogens with zero attached hydrogens (tertiary/aromatic N) is 3. The average Bonchev–Trinajstić information content (AvgIpc) is 2.31. The Morgan fingerprint density at radius 1 is 1.41 bits per heavy atom. The molecule has 0 saturated heterocycles. The molecule has 1 aromatic rings. The van der Waals surface area contributed by atoms with Gasteiger partial charge in [-0.05, 0) is 13.3 Å². The standard InChI is InChI=1S/C11H21N5O/c1-4-5-9-13-10(15-12)8(2)11(14-9)16(3)6-7-17/h17H,4-7,12H2,1-3H3,(H,13,14,15). The Hall–Kier alpha value is -1.40. The molecule has 0 saturated carbocycles. The third-order valence-electron chi connectivity index (χ3n) is 2.57. The van der Waals surface area contributed by atoms with Crippen LogP contribution in [0.1, 0.15) is 24.7 Å². The number of anilines is 2. The van der Waals surface area contributed by atoms with E-state index in [1.165, 1.54) is 0 Å². The quantitative estimate of drug-likeness (QED) is 0.493. The van der Waals surface area contributed by atoms with Gasteiger partial charge in [0, 0.05) is 25.6 Å². The van der Waals surface area contributed by atoms with Crippen molar-refractivity contribution in [1.82, 2.24) is 9.97 Å². The molecule has 0 bridgehead atoms. The number of hydrogen-bond donors (Lipinski definition) is 3. The monoisotopic (exact) mass is 239 g/mol. The number of aromatic nitrogens is 2. The predicted octanol–water partition coefficient (Wildman–Crippen LogP) is 0.452. The van der Waals surface area contributed by atoms with Crippen molar-refractivity contribution in [3.8, 4) is 0 Å². The number of likely N-dealkylation sites (N-methyl/N-ethyl adjacent to an activating group) is 1. The third-order valence-corrected chi connectivity index (χ3v) is 2.57. The van der Waals surface area contributed by atoms with E-state index < -0.39 is 0 Å². The summed E-state index contributed by atoms with van der Waals surface area (Å²) in [6.07, 6.45) is 1.80. The number of nitrogens with two attached hydrogens (primary N) is 1. The summed E-state index contributed by atoms with van der Waals surface area (Å²) in [5.74, 6) is 7.67. The fraction of sp³-hybridized carbons (Fsp3) is 0.636. The molecule has 4 N–H and O–H groups in total. The summed E-state index contributed by atoms with van der Waals surface area (Å²) >= 11 is 0. The summed E-state index contributed by atoms with van der Waals surface area (Å²) in [5, 5.41) is 8.96. The lowest BCUT2D eigenvalue weighted by Gasteiger charge is -2.21. The molecule has 0 unspecified atom stereocenters. The first kappa shape index (κ1) is 13.7. The van der Waals surface area contributed by atoms with Crippen molar-refractivity contribution in [3.63, 3.8) is 0 Å². The molecule has 96 valence electrons. The zero-order chi connectivity index (χ0) is 12.8.